The lowest BCUT2D eigenvalue weighted by molar-refractivity contribution is 0.249. The summed E-state index contributed by atoms with van der Waals surface area (Å²) in [5, 5.41) is 0. The molecular weight excluding hydrogens is 379 g/mol. The van der Waals surface area contributed by atoms with E-state index in [0.717, 1.165) is 48.6 Å². The highest BCUT2D eigenvalue weighted by Gasteiger charge is 2.21. The van der Waals surface area contributed by atoms with Crippen LogP contribution in [0.4, 0.5) is 4.39 Å². The summed E-state index contributed by atoms with van der Waals surface area (Å²) in [7, 11) is 0. The largest absolute Gasteiger partial charge is 0.207 e. The third kappa shape index (κ3) is 8.09. The van der Waals surface area contributed by atoms with Crippen molar-refractivity contribution >= 4 is 0 Å². The van der Waals surface area contributed by atoms with E-state index in [-0.39, 0.29) is 5.82 Å². The van der Waals surface area contributed by atoms with Crippen molar-refractivity contribution in [1.29, 1.82) is 0 Å². The van der Waals surface area contributed by atoms with Crippen LogP contribution in [0.1, 0.15) is 100 Å². The summed E-state index contributed by atoms with van der Waals surface area (Å²) in [4.78, 5) is 0. The molecule has 0 saturated heterocycles. The normalized spacial score (nSPS) is 18.9. The quantitative estimate of drug-likeness (QED) is 0.320. The second-order valence-corrected chi connectivity index (χ2v) is 9.91. The highest BCUT2D eigenvalue weighted by atomic mass is 19.1. The summed E-state index contributed by atoms with van der Waals surface area (Å²) in [6.07, 6.45) is 17.2. The van der Waals surface area contributed by atoms with Crippen LogP contribution in [-0.4, -0.2) is 0 Å². The SMILES string of the molecule is CCCCc1ccc(CCc2ccc(CCC3CCC(CCCC)CC3)c(F)c2)cc1. The van der Waals surface area contributed by atoms with Gasteiger partial charge in [-0.05, 0) is 78.7 Å². The van der Waals surface area contributed by atoms with E-state index in [0.29, 0.717) is 0 Å². The molecule has 3 rings (SSSR count). The third-order valence-electron chi connectivity index (χ3n) is 7.42. The van der Waals surface area contributed by atoms with E-state index < -0.39 is 0 Å². The number of hydrogen-bond acceptors (Lipinski definition) is 0. The Hall–Kier alpha value is -1.63. The van der Waals surface area contributed by atoms with Gasteiger partial charge >= 0.3 is 0 Å². The first kappa shape index (κ1) is 24.0. The van der Waals surface area contributed by atoms with Gasteiger partial charge in [0.2, 0.25) is 0 Å². The zero-order valence-corrected chi connectivity index (χ0v) is 20.0. The molecule has 0 unspecified atom stereocenters. The van der Waals surface area contributed by atoms with Crippen LogP contribution in [0.2, 0.25) is 0 Å². The van der Waals surface area contributed by atoms with E-state index in [4.69, 9.17) is 0 Å². The summed E-state index contributed by atoms with van der Waals surface area (Å²) in [6, 6.07) is 15.0. The van der Waals surface area contributed by atoms with Gasteiger partial charge in [0.05, 0.1) is 0 Å². The van der Waals surface area contributed by atoms with Crippen LogP contribution in [0.3, 0.4) is 0 Å². The molecule has 0 N–H and O–H groups in total. The molecule has 0 aromatic heterocycles. The molecule has 0 atom stereocenters. The lowest BCUT2D eigenvalue weighted by Gasteiger charge is -2.28. The number of halogens is 1. The maximum absolute atomic E-state index is 14.7. The molecule has 0 bridgehead atoms. The second-order valence-electron chi connectivity index (χ2n) is 9.91. The molecular formula is C30H43F. The lowest BCUT2D eigenvalue weighted by Crippen LogP contribution is -2.15. The first-order chi connectivity index (χ1) is 15.2. The van der Waals surface area contributed by atoms with Crippen LogP contribution in [0.5, 0.6) is 0 Å². The van der Waals surface area contributed by atoms with Gasteiger partial charge < -0.3 is 0 Å². The Bertz CT molecular complexity index is 752. The minimum Gasteiger partial charge on any atom is -0.207 e. The van der Waals surface area contributed by atoms with E-state index in [1.165, 1.54) is 75.3 Å². The van der Waals surface area contributed by atoms with Gasteiger partial charge in [0.15, 0.2) is 0 Å². The minimum absolute atomic E-state index is 0.00375. The maximum Gasteiger partial charge on any atom is 0.126 e. The second kappa shape index (κ2) is 13.0. The molecule has 2 aromatic rings. The summed E-state index contributed by atoms with van der Waals surface area (Å²) in [6.45, 7) is 4.52. The van der Waals surface area contributed by atoms with Crippen LogP contribution in [0.15, 0.2) is 42.5 Å². The zero-order valence-electron chi connectivity index (χ0n) is 20.0. The van der Waals surface area contributed by atoms with Gasteiger partial charge in [-0.2, -0.15) is 0 Å². The predicted molar refractivity (Wildman–Crippen MR) is 132 cm³/mol. The monoisotopic (exact) mass is 422 g/mol. The van der Waals surface area contributed by atoms with Gasteiger partial charge in [0.1, 0.15) is 5.82 Å². The van der Waals surface area contributed by atoms with Crippen molar-refractivity contribution < 1.29 is 4.39 Å². The van der Waals surface area contributed by atoms with Crippen molar-refractivity contribution in [3.63, 3.8) is 0 Å². The molecule has 170 valence electrons. The first-order valence-electron chi connectivity index (χ1n) is 13.0. The minimum atomic E-state index is 0.00375. The molecule has 2 aromatic carbocycles. The van der Waals surface area contributed by atoms with E-state index in [2.05, 4.69) is 44.2 Å². The fraction of sp³-hybridized carbons (Fsp3) is 0.600. The molecule has 1 saturated carbocycles. The highest BCUT2D eigenvalue weighted by Crippen LogP contribution is 2.34. The zero-order chi connectivity index (χ0) is 21.9. The number of hydrogen-bond donors (Lipinski definition) is 0. The molecule has 1 fully saturated rings. The average Bonchev–Trinajstić information content (AvgIpc) is 2.81. The topological polar surface area (TPSA) is 0 Å². The standard InChI is InChI=1S/C30H43F/c1-3-5-7-24-9-13-26(14-10-24)17-18-28-20-22-29(30(31)23-28)21-19-27-15-11-25(12-16-27)8-6-4-2/h9-10,13-14,20,22-23,25,27H,3-8,11-12,15-19,21H2,1-2H3. The molecule has 31 heavy (non-hydrogen) atoms. The molecule has 1 heteroatoms. The fourth-order valence-electron chi connectivity index (χ4n) is 5.15. The number of unbranched alkanes of at least 4 members (excludes halogenated alkanes) is 2. The van der Waals surface area contributed by atoms with Gasteiger partial charge in [-0.1, -0.05) is 102 Å². The Morgan fingerprint density at radius 1 is 0.645 bits per heavy atom. The lowest BCUT2D eigenvalue weighted by atomic mass is 9.78. The molecule has 1 aliphatic carbocycles. The number of rotatable bonds is 12. The van der Waals surface area contributed by atoms with E-state index >= 15 is 0 Å². The van der Waals surface area contributed by atoms with Gasteiger partial charge in [-0.25, -0.2) is 4.39 Å². The first-order valence-corrected chi connectivity index (χ1v) is 13.0. The Morgan fingerprint density at radius 2 is 1.19 bits per heavy atom. The van der Waals surface area contributed by atoms with Crippen LogP contribution in [0.25, 0.3) is 0 Å². The number of aryl methyl sites for hydroxylation is 4. The highest BCUT2D eigenvalue weighted by molar-refractivity contribution is 5.27. The van der Waals surface area contributed by atoms with E-state index in [9.17, 15) is 4.39 Å². The third-order valence-corrected chi connectivity index (χ3v) is 7.42. The van der Waals surface area contributed by atoms with Crippen molar-refractivity contribution in [2.45, 2.75) is 104 Å². The Morgan fingerprint density at radius 3 is 1.81 bits per heavy atom. The smallest absolute Gasteiger partial charge is 0.126 e. The average molecular weight is 423 g/mol. The molecule has 0 heterocycles. The van der Waals surface area contributed by atoms with Crippen LogP contribution < -0.4 is 0 Å². The Kier molecular flexibility index (Phi) is 10.1. The van der Waals surface area contributed by atoms with Crippen LogP contribution in [-0.2, 0) is 25.7 Å². The van der Waals surface area contributed by atoms with Gasteiger partial charge in [-0.15, -0.1) is 0 Å². The molecule has 0 spiro atoms. The van der Waals surface area contributed by atoms with Gasteiger partial charge in [0.25, 0.3) is 0 Å². The molecule has 0 radical (unpaired) electrons. The summed E-state index contributed by atoms with van der Waals surface area (Å²) in [5.41, 5.74) is 4.81. The van der Waals surface area contributed by atoms with E-state index in [1.54, 1.807) is 6.07 Å². The maximum atomic E-state index is 14.7. The molecule has 0 aliphatic heterocycles. The summed E-state index contributed by atoms with van der Waals surface area (Å²) < 4.78 is 14.7. The van der Waals surface area contributed by atoms with Crippen molar-refractivity contribution in [1.82, 2.24) is 0 Å². The van der Waals surface area contributed by atoms with Gasteiger partial charge in [0, 0.05) is 0 Å². The number of benzene rings is 2. The van der Waals surface area contributed by atoms with Crippen molar-refractivity contribution in [2.24, 2.45) is 11.8 Å². The van der Waals surface area contributed by atoms with Crippen molar-refractivity contribution in [3.05, 3.63) is 70.5 Å². The molecule has 0 amide bonds. The Labute approximate surface area is 190 Å². The molecule has 1 aliphatic rings. The van der Waals surface area contributed by atoms with Crippen LogP contribution in [0, 0.1) is 17.7 Å². The summed E-state index contributed by atoms with van der Waals surface area (Å²) in [5.74, 6) is 1.76. The van der Waals surface area contributed by atoms with Crippen LogP contribution >= 0.6 is 0 Å². The fourth-order valence-corrected chi connectivity index (χ4v) is 5.15. The van der Waals surface area contributed by atoms with Gasteiger partial charge in [-0.3, -0.25) is 0 Å². The van der Waals surface area contributed by atoms with Crippen molar-refractivity contribution in [3.8, 4) is 0 Å². The predicted octanol–water partition coefficient (Wildman–Crippen LogP) is 8.88. The van der Waals surface area contributed by atoms with Crippen molar-refractivity contribution in [2.75, 3.05) is 0 Å². The molecule has 0 nitrogen and oxygen atoms in total. The summed E-state index contributed by atoms with van der Waals surface area (Å²) >= 11 is 0. The van der Waals surface area contributed by atoms with E-state index in [1.807, 2.05) is 6.07 Å². The Balaban J connectivity index is 1.41.